The first-order valence-electron chi connectivity index (χ1n) is 13.1. The normalized spacial score (nSPS) is 28.5. The second-order valence-corrected chi connectivity index (χ2v) is 11.6. The Morgan fingerprint density at radius 1 is 0.676 bits per heavy atom. The lowest BCUT2D eigenvalue weighted by molar-refractivity contribution is -0.199. The number of esters is 3. The van der Waals surface area contributed by atoms with Crippen molar-refractivity contribution in [1.29, 1.82) is 0 Å². The summed E-state index contributed by atoms with van der Waals surface area (Å²) in [6.45, 7) is 10.5. The second-order valence-electron chi connectivity index (χ2n) is 11.6. The molecule has 4 fully saturated rings. The molecule has 0 aromatic carbocycles. The largest absolute Gasteiger partial charge is 0.463 e. The van der Waals surface area contributed by atoms with Crippen LogP contribution < -0.4 is 0 Å². The van der Waals surface area contributed by atoms with Crippen molar-refractivity contribution in [2.75, 3.05) is 13.1 Å². The minimum atomic E-state index is -2.02. The molecule has 3 saturated heterocycles. The third-order valence-electron chi connectivity index (χ3n) is 7.48. The van der Waals surface area contributed by atoms with Gasteiger partial charge >= 0.3 is 17.9 Å². The van der Waals surface area contributed by atoms with E-state index in [0.717, 1.165) is 0 Å². The molecular formula is C27H39NO9. The van der Waals surface area contributed by atoms with E-state index < -0.39 is 51.6 Å². The fraction of sp³-hybridized carbons (Fsp3) is 0.778. The molecule has 0 radical (unpaired) electrons. The van der Waals surface area contributed by atoms with Crippen molar-refractivity contribution >= 4 is 35.4 Å². The fourth-order valence-corrected chi connectivity index (χ4v) is 6.30. The highest BCUT2D eigenvalue weighted by Gasteiger charge is 2.76. The molecule has 1 amide bonds. The molecule has 3 heterocycles. The third kappa shape index (κ3) is 5.43. The highest BCUT2D eigenvalue weighted by molar-refractivity contribution is 6.30. The monoisotopic (exact) mass is 521 g/mol. The molecule has 1 saturated carbocycles. The van der Waals surface area contributed by atoms with Crippen LogP contribution in [0.3, 0.4) is 0 Å². The number of rotatable bonds is 12. The molecular weight excluding hydrogens is 482 g/mol. The van der Waals surface area contributed by atoms with Crippen molar-refractivity contribution in [2.24, 2.45) is 16.2 Å². The summed E-state index contributed by atoms with van der Waals surface area (Å²) < 4.78 is 15.7. The third-order valence-corrected chi connectivity index (χ3v) is 7.48. The Kier molecular flexibility index (Phi) is 8.19. The predicted octanol–water partition coefficient (Wildman–Crippen LogP) is 2.54. The standard InChI is InChI=1S/C27H39NO9/c1-16(2)35-19(29)7-10-25-13-26(11-8-20(30)36-17(3)4)15-28(14-25)24(34)27(22(25)32,23(26)33)12-9-21(31)37-18(5)6/h16-18H,7-15H2,1-6H3/t25-,26+,27?. The van der Waals surface area contributed by atoms with Crippen LogP contribution in [-0.4, -0.2) is 71.7 Å². The highest BCUT2D eigenvalue weighted by atomic mass is 16.5. The van der Waals surface area contributed by atoms with Crippen LogP contribution in [0.2, 0.25) is 0 Å². The van der Waals surface area contributed by atoms with Gasteiger partial charge in [0.2, 0.25) is 5.91 Å². The minimum absolute atomic E-state index is 0.0446. The topological polar surface area (TPSA) is 133 Å². The number of piperidine rings is 3. The Bertz CT molecular complexity index is 930. The second kappa shape index (κ2) is 10.5. The average Bonchev–Trinajstić information content (AvgIpc) is 2.78. The first kappa shape index (κ1) is 28.8. The van der Waals surface area contributed by atoms with Crippen molar-refractivity contribution in [3.05, 3.63) is 0 Å². The van der Waals surface area contributed by atoms with E-state index in [0.29, 0.717) is 0 Å². The van der Waals surface area contributed by atoms with Gasteiger partial charge in [0, 0.05) is 43.2 Å². The molecule has 4 rings (SSSR count). The quantitative estimate of drug-likeness (QED) is 0.216. The maximum Gasteiger partial charge on any atom is 0.306 e. The summed E-state index contributed by atoms with van der Waals surface area (Å²) in [5.74, 6) is -3.17. The summed E-state index contributed by atoms with van der Waals surface area (Å²) in [7, 11) is 0. The zero-order valence-corrected chi connectivity index (χ0v) is 22.7. The molecule has 3 atom stereocenters. The van der Waals surface area contributed by atoms with Gasteiger partial charge in [-0.05, 0) is 67.2 Å². The summed E-state index contributed by atoms with van der Waals surface area (Å²) in [5.41, 5.74) is -4.30. The van der Waals surface area contributed by atoms with E-state index in [1.165, 1.54) is 4.90 Å². The molecule has 206 valence electrons. The Morgan fingerprint density at radius 2 is 1.03 bits per heavy atom. The molecule has 0 N–H and O–H groups in total. The predicted molar refractivity (Wildman–Crippen MR) is 130 cm³/mol. The van der Waals surface area contributed by atoms with Gasteiger partial charge in [0.25, 0.3) is 0 Å². The van der Waals surface area contributed by atoms with E-state index in [9.17, 15) is 28.8 Å². The Balaban J connectivity index is 1.96. The lowest BCUT2D eigenvalue weighted by Crippen LogP contribution is -2.79. The van der Waals surface area contributed by atoms with E-state index in [1.807, 2.05) is 0 Å². The van der Waals surface area contributed by atoms with Gasteiger partial charge in [-0.1, -0.05) is 0 Å². The maximum atomic E-state index is 14.1. The maximum absolute atomic E-state index is 14.1. The summed E-state index contributed by atoms with van der Waals surface area (Å²) in [6, 6.07) is 0. The summed E-state index contributed by atoms with van der Waals surface area (Å²) >= 11 is 0. The van der Waals surface area contributed by atoms with Crippen LogP contribution in [0, 0.1) is 16.2 Å². The van der Waals surface area contributed by atoms with Crippen LogP contribution >= 0.6 is 0 Å². The number of amides is 1. The number of ether oxygens (including phenoxy) is 3. The van der Waals surface area contributed by atoms with E-state index >= 15 is 0 Å². The van der Waals surface area contributed by atoms with Gasteiger partial charge in [-0.15, -0.1) is 0 Å². The van der Waals surface area contributed by atoms with Gasteiger partial charge in [0.15, 0.2) is 17.0 Å². The Hall–Kier alpha value is -2.78. The Morgan fingerprint density at radius 3 is 1.38 bits per heavy atom. The summed E-state index contributed by atoms with van der Waals surface area (Å²) in [5, 5.41) is 0. The smallest absolute Gasteiger partial charge is 0.306 e. The number of Topliss-reactive ketones (excluding diaryl/α,β-unsaturated/α-hetero) is 2. The zero-order chi connectivity index (χ0) is 27.8. The number of hydrogen-bond acceptors (Lipinski definition) is 9. The van der Waals surface area contributed by atoms with Crippen LogP contribution in [0.4, 0.5) is 0 Å². The van der Waals surface area contributed by atoms with Gasteiger partial charge in [0.05, 0.1) is 18.3 Å². The van der Waals surface area contributed by atoms with Crippen molar-refractivity contribution in [3.63, 3.8) is 0 Å². The van der Waals surface area contributed by atoms with Crippen LogP contribution in [0.1, 0.15) is 86.5 Å². The molecule has 10 heteroatoms. The van der Waals surface area contributed by atoms with Gasteiger partial charge in [-0.3, -0.25) is 28.8 Å². The van der Waals surface area contributed by atoms with Gasteiger partial charge < -0.3 is 19.1 Å². The lowest BCUT2D eigenvalue weighted by atomic mass is 9.43. The lowest BCUT2D eigenvalue weighted by Gasteiger charge is -2.64. The highest BCUT2D eigenvalue weighted by Crippen LogP contribution is 2.62. The molecule has 4 bridgehead atoms. The van der Waals surface area contributed by atoms with Gasteiger partial charge in [-0.25, -0.2) is 0 Å². The summed E-state index contributed by atoms with van der Waals surface area (Å²) in [4.78, 5) is 80.3. The van der Waals surface area contributed by atoms with Crippen LogP contribution in [0.25, 0.3) is 0 Å². The van der Waals surface area contributed by atoms with Crippen molar-refractivity contribution in [1.82, 2.24) is 4.90 Å². The molecule has 10 nitrogen and oxygen atoms in total. The van der Waals surface area contributed by atoms with Crippen LogP contribution in [0.5, 0.6) is 0 Å². The molecule has 37 heavy (non-hydrogen) atoms. The number of nitrogens with zero attached hydrogens (tertiary/aromatic N) is 1. The zero-order valence-electron chi connectivity index (χ0n) is 22.7. The van der Waals surface area contributed by atoms with E-state index in [1.54, 1.807) is 41.5 Å². The first-order chi connectivity index (χ1) is 17.2. The van der Waals surface area contributed by atoms with E-state index in [-0.39, 0.29) is 76.3 Å². The average molecular weight is 522 g/mol. The molecule has 0 aromatic heterocycles. The van der Waals surface area contributed by atoms with Crippen LogP contribution in [-0.2, 0) is 43.0 Å². The number of carbonyl (C=O) groups is 6. The number of ketones is 2. The van der Waals surface area contributed by atoms with Gasteiger partial charge in [0.1, 0.15) is 0 Å². The fourth-order valence-electron chi connectivity index (χ4n) is 6.30. The minimum Gasteiger partial charge on any atom is -0.463 e. The number of carbonyl (C=O) groups excluding carboxylic acids is 6. The number of hydrogen-bond donors (Lipinski definition) is 0. The Labute approximate surface area is 217 Å². The first-order valence-corrected chi connectivity index (χ1v) is 13.1. The molecule has 4 aliphatic rings. The van der Waals surface area contributed by atoms with Crippen LogP contribution in [0.15, 0.2) is 0 Å². The molecule has 1 unspecified atom stereocenters. The molecule has 3 aliphatic heterocycles. The van der Waals surface area contributed by atoms with Gasteiger partial charge in [-0.2, -0.15) is 0 Å². The summed E-state index contributed by atoms with van der Waals surface area (Å²) in [6.07, 6.45) is -1.29. The molecule has 0 spiro atoms. The molecule has 1 aliphatic carbocycles. The van der Waals surface area contributed by atoms with Crippen molar-refractivity contribution in [2.45, 2.75) is 105 Å². The van der Waals surface area contributed by atoms with Crippen molar-refractivity contribution < 1.29 is 43.0 Å². The SMILES string of the molecule is CC(C)OC(=O)CCC12C(=O)N3C[C@@](CCC(=O)OC(C)C)(C[C@@](CCC(=O)OC(C)C)(C3)C1=O)C2=O. The molecule has 0 aromatic rings. The van der Waals surface area contributed by atoms with E-state index in [2.05, 4.69) is 0 Å². The van der Waals surface area contributed by atoms with Crippen molar-refractivity contribution in [3.8, 4) is 0 Å². The van der Waals surface area contributed by atoms with E-state index in [4.69, 9.17) is 14.2 Å².